The molecule has 3 rings (SSSR count). The lowest BCUT2D eigenvalue weighted by Crippen LogP contribution is -2.37. The molecule has 1 fully saturated rings. The van der Waals surface area contributed by atoms with E-state index in [-0.39, 0.29) is 0 Å². The minimum Gasteiger partial charge on any atom is -0.497 e. The molecular formula is C24H33NO3S. The van der Waals surface area contributed by atoms with Crippen molar-refractivity contribution < 1.29 is 13.2 Å². The highest BCUT2D eigenvalue weighted by Gasteiger charge is 2.35. The van der Waals surface area contributed by atoms with Gasteiger partial charge in [0.25, 0.3) is 0 Å². The third-order valence-corrected chi connectivity index (χ3v) is 8.66. The highest BCUT2D eigenvalue weighted by atomic mass is 32.2. The zero-order valence-corrected chi connectivity index (χ0v) is 18.6. The monoisotopic (exact) mass is 415 g/mol. The van der Waals surface area contributed by atoms with E-state index in [1.54, 1.807) is 31.4 Å². The van der Waals surface area contributed by atoms with Gasteiger partial charge < -0.3 is 9.64 Å². The van der Waals surface area contributed by atoms with Gasteiger partial charge in [-0.2, -0.15) is 0 Å². The van der Waals surface area contributed by atoms with Gasteiger partial charge in [0.05, 0.1) is 16.8 Å². The van der Waals surface area contributed by atoms with E-state index in [0.717, 1.165) is 31.8 Å². The van der Waals surface area contributed by atoms with Crippen LogP contribution in [0.2, 0.25) is 0 Å². The molecule has 0 N–H and O–H groups in total. The van der Waals surface area contributed by atoms with Crippen LogP contribution in [-0.4, -0.2) is 44.8 Å². The third-order valence-electron chi connectivity index (χ3n) is 6.10. The first-order chi connectivity index (χ1) is 13.8. The molecule has 29 heavy (non-hydrogen) atoms. The maximum Gasteiger partial charge on any atom is 0.183 e. The van der Waals surface area contributed by atoms with E-state index in [4.69, 9.17) is 4.74 Å². The summed E-state index contributed by atoms with van der Waals surface area (Å²) in [6.07, 6.45) is 3.90. The van der Waals surface area contributed by atoms with Gasteiger partial charge in [0, 0.05) is 6.54 Å². The second-order valence-corrected chi connectivity index (χ2v) is 11.2. The summed E-state index contributed by atoms with van der Waals surface area (Å²) in [5, 5.41) is 0. The number of likely N-dealkylation sites (tertiary alicyclic amines) is 1. The van der Waals surface area contributed by atoms with Gasteiger partial charge in [0.2, 0.25) is 0 Å². The fourth-order valence-electron chi connectivity index (χ4n) is 4.21. The number of rotatable bonds is 8. The molecule has 1 atom stereocenters. The largest absolute Gasteiger partial charge is 0.497 e. The molecule has 2 aromatic carbocycles. The van der Waals surface area contributed by atoms with E-state index in [1.165, 1.54) is 18.4 Å². The Hall–Kier alpha value is -1.85. The SMILES string of the molecule is COc1cccc(C2CCCN(CCCC(C)(C)S(=O)(=O)c3ccccc3)C2)c1. The summed E-state index contributed by atoms with van der Waals surface area (Å²) in [5.74, 6) is 1.42. The van der Waals surface area contributed by atoms with Crippen LogP contribution in [0.5, 0.6) is 5.75 Å². The second kappa shape index (κ2) is 9.31. The van der Waals surface area contributed by atoms with Gasteiger partial charge in [-0.1, -0.05) is 30.3 Å². The predicted octanol–water partition coefficient (Wildman–Crippen LogP) is 4.91. The number of sulfone groups is 1. The topological polar surface area (TPSA) is 46.6 Å². The van der Waals surface area contributed by atoms with Crippen molar-refractivity contribution in [3.63, 3.8) is 0 Å². The quantitative estimate of drug-likeness (QED) is 0.615. The Morgan fingerprint density at radius 2 is 1.86 bits per heavy atom. The van der Waals surface area contributed by atoms with Crippen molar-refractivity contribution in [2.75, 3.05) is 26.7 Å². The van der Waals surface area contributed by atoms with Crippen molar-refractivity contribution in [3.8, 4) is 5.75 Å². The molecule has 1 aliphatic heterocycles. The summed E-state index contributed by atoms with van der Waals surface area (Å²) in [4.78, 5) is 2.90. The van der Waals surface area contributed by atoms with Crippen LogP contribution in [0.25, 0.3) is 0 Å². The molecule has 158 valence electrons. The fourth-order valence-corrected chi connectivity index (χ4v) is 5.77. The molecule has 1 heterocycles. The molecule has 0 radical (unpaired) electrons. The van der Waals surface area contributed by atoms with Crippen molar-refractivity contribution in [3.05, 3.63) is 60.2 Å². The second-order valence-electron chi connectivity index (χ2n) is 8.60. The molecule has 5 heteroatoms. The molecule has 1 saturated heterocycles. The first-order valence-electron chi connectivity index (χ1n) is 10.5. The van der Waals surface area contributed by atoms with Gasteiger partial charge in [-0.3, -0.25) is 0 Å². The number of methoxy groups -OCH3 is 1. The Balaban J connectivity index is 1.57. The summed E-state index contributed by atoms with van der Waals surface area (Å²) < 4.78 is 30.6. The van der Waals surface area contributed by atoms with Crippen molar-refractivity contribution in [1.82, 2.24) is 4.90 Å². The van der Waals surface area contributed by atoms with E-state index >= 15 is 0 Å². The Bertz CT molecular complexity index is 893. The lowest BCUT2D eigenvalue weighted by atomic mass is 9.90. The molecule has 0 amide bonds. The highest BCUT2D eigenvalue weighted by molar-refractivity contribution is 7.92. The van der Waals surface area contributed by atoms with Crippen molar-refractivity contribution in [2.45, 2.75) is 55.1 Å². The summed E-state index contributed by atoms with van der Waals surface area (Å²) in [6.45, 7) is 6.76. The zero-order valence-electron chi connectivity index (χ0n) is 17.8. The summed E-state index contributed by atoms with van der Waals surface area (Å²) in [5.41, 5.74) is 1.33. The minimum atomic E-state index is -3.34. The minimum absolute atomic E-state index is 0.418. The lowest BCUT2D eigenvalue weighted by Gasteiger charge is -2.34. The molecule has 0 aromatic heterocycles. The Morgan fingerprint density at radius 3 is 2.59 bits per heavy atom. The fraction of sp³-hybridized carbons (Fsp3) is 0.500. The number of ether oxygens (including phenoxy) is 1. The van der Waals surface area contributed by atoms with Crippen LogP contribution in [0.3, 0.4) is 0 Å². The third kappa shape index (κ3) is 5.20. The van der Waals surface area contributed by atoms with Crippen LogP contribution < -0.4 is 4.74 Å². The molecule has 1 unspecified atom stereocenters. The molecule has 0 bridgehead atoms. The van der Waals surface area contributed by atoms with Crippen LogP contribution in [0.1, 0.15) is 51.0 Å². The van der Waals surface area contributed by atoms with E-state index in [0.29, 0.717) is 17.2 Å². The molecule has 0 aliphatic carbocycles. The van der Waals surface area contributed by atoms with Crippen molar-refractivity contribution in [2.24, 2.45) is 0 Å². The summed E-state index contributed by atoms with van der Waals surface area (Å²) in [7, 11) is -1.63. The Morgan fingerprint density at radius 1 is 1.10 bits per heavy atom. The molecule has 0 saturated carbocycles. The average Bonchev–Trinajstić information content (AvgIpc) is 2.74. The van der Waals surface area contributed by atoms with Gasteiger partial charge in [-0.15, -0.1) is 0 Å². The van der Waals surface area contributed by atoms with Crippen LogP contribution in [-0.2, 0) is 9.84 Å². The van der Waals surface area contributed by atoms with E-state index in [1.807, 2.05) is 26.0 Å². The van der Waals surface area contributed by atoms with Crippen LogP contribution >= 0.6 is 0 Å². The van der Waals surface area contributed by atoms with Crippen molar-refractivity contribution >= 4 is 9.84 Å². The van der Waals surface area contributed by atoms with Gasteiger partial charge >= 0.3 is 0 Å². The normalized spacial score (nSPS) is 18.5. The number of benzene rings is 2. The van der Waals surface area contributed by atoms with Gasteiger partial charge in [-0.05, 0) is 88.4 Å². The Kier molecular flexibility index (Phi) is 7.01. The van der Waals surface area contributed by atoms with E-state index in [9.17, 15) is 8.42 Å². The van der Waals surface area contributed by atoms with Gasteiger partial charge in [0.1, 0.15) is 5.75 Å². The number of nitrogens with zero attached hydrogens (tertiary/aromatic N) is 1. The molecule has 0 spiro atoms. The summed E-state index contributed by atoms with van der Waals surface area (Å²) in [6, 6.07) is 17.2. The van der Waals surface area contributed by atoms with Gasteiger partial charge in [-0.25, -0.2) is 8.42 Å². The standard InChI is InChI=1S/C24H33NO3S/c1-24(2,29(26,27)23-13-5-4-6-14-23)15-9-17-25-16-8-11-21(19-25)20-10-7-12-22(18-20)28-3/h4-7,10,12-14,18,21H,8-9,11,15-17,19H2,1-3H3. The maximum atomic E-state index is 13.0. The van der Waals surface area contributed by atoms with Gasteiger partial charge in [0.15, 0.2) is 9.84 Å². The lowest BCUT2D eigenvalue weighted by molar-refractivity contribution is 0.202. The summed E-state index contributed by atoms with van der Waals surface area (Å²) >= 11 is 0. The molecule has 2 aromatic rings. The van der Waals surface area contributed by atoms with Crippen LogP contribution in [0.15, 0.2) is 59.5 Å². The first kappa shape index (κ1) is 21.8. The van der Waals surface area contributed by atoms with Crippen molar-refractivity contribution in [1.29, 1.82) is 0 Å². The number of hydrogen-bond acceptors (Lipinski definition) is 4. The smallest absolute Gasteiger partial charge is 0.183 e. The van der Waals surface area contributed by atoms with Crippen LogP contribution in [0, 0.1) is 0 Å². The first-order valence-corrected chi connectivity index (χ1v) is 12.0. The zero-order chi connectivity index (χ0) is 20.9. The number of hydrogen-bond donors (Lipinski definition) is 0. The highest BCUT2D eigenvalue weighted by Crippen LogP contribution is 2.31. The van der Waals surface area contributed by atoms with Crippen LogP contribution in [0.4, 0.5) is 0 Å². The maximum absolute atomic E-state index is 13.0. The number of piperidine rings is 1. The van der Waals surface area contributed by atoms with E-state index < -0.39 is 14.6 Å². The predicted molar refractivity (Wildman–Crippen MR) is 118 cm³/mol. The molecule has 4 nitrogen and oxygen atoms in total. The molecule has 1 aliphatic rings. The Labute approximate surface area is 175 Å². The average molecular weight is 416 g/mol. The molecular weight excluding hydrogens is 382 g/mol. The van der Waals surface area contributed by atoms with E-state index in [2.05, 4.69) is 23.1 Å².